The number of carbonyl (C=O) groups is 3. The Morgan fingerprint density at radius 3 is 2.33 bits per heavy atom. The van der Waals surface area contributed by atoms with Crippen LogP contribution in [0.15, 0.2) is 30.4 Å². The van der Waals surface area contributed by atoms with E-state index in [-0.39, 0.29) is 41.3 Å². The average Bonchev–Trinajstić information content (AvgIpc) is 3.22. The fourth-order valence-corrected chi connectivity index (χ4v) is 4.33. The van der Waals surface area contributed by atoms with Gasteiger partial charge in [0.2, 0.25) is 11.8 Å². The van der Waals surface area contributed by atoms with Crippen LogP contribution in [0.3, 0.4) is 0 Å². The lowest BCUT2D eigenvalue weighted by Gasteiger charge is -2.21. The van der Waals surface area contributed by atoms with Gasteiger partial charge in [0, 0.05) is 5.56 Å². The lowest BCUT2D eigenvalue weighted by Crippen LogP contribution is -2.33. The highest BCUT2D eigenvalue weighted by Gasteiger charge is 2.59. The Morgan fingerprint density at radius 1 is 1.17 bits per heavy atom. The number of amides is 2. The van der Waals surface area contributed by atoms with Gasteiger partial charge < -0.3 is 4.74 Å². The molecule has 2 aliphatic carbocycles. The summed E-state index contributed by atoms with van der Waals surface area (Å²) in [5.41, 5.74) is 0.862. The van der Waals surface area contributed by atoms with E-state index in [9.17, 15) is 14.4 Å². The first-order valence-corrected chi connectivity index (χ1v) is 8.36. The van der Waals surface area contributed by atoms with E-state index in [0.29, 0.717) is 23.6 Å². The number of anilines is 1. The molecular formula is C19H19NO4. The maximum atomic E-state index is 13.0. The largest absolute Gasteiger partial charge is 0.492 e. The predicted octanol–water partition coefficient (Wildman–Crippen LogP) is 2.60. The molecule has 1 saturated carbocycles. The molecule has 0 spiro atoms. The third-order valence-corrected chi connectivity index (χ3v) is 5.38. The first kappa shape index (κ1) is 15.1. The predicted molar refractivity (Wildman–Crippen MR) is 87.8 cm³/mol. The van der Waals surface area contributed by atoms with E-state index >= 15 is 0 Å². The van der Waals surface area contributed by atoms with Gasteiger partial charge in [-0.05, 0) is 50.3 Å². The molecule has 0 N–H and O–H groups in total. The third kappa shape index (κ3) is 1.97. The van der Waals surface area contributed by atoms with Crippen molar-refractivity contribution >= 4 is 23.3 Å². The van der Waals surface area contributed by atoms with E-state index in [2.05, 4.69) is 12.2 Å². The first-order valence-electron chi connectivity index (χ1n) is 8.36. The topological polar surface area (TPSA) is 63.7 Å². The van der Waals surface area contributed by atoms with Crippen LogP contribution in [0.4, 0.5) is 5.69 Å². The van der Waals surface area contributed by atoms with Crippen molar-refractivity contribution in [2.45, 2.75) is 20.3 Å². The van der Waals surface area contributed by atoms with Gasteiger partial charge in [-0.25, -0.2) is 4.90 Å². The van der Waals surface area contributed by atoms with Gasteiger partial charge in [0.05, 0.1) is 24.1 Å². The van der Waals surface area contributed by atoms with Gasteiger partial charge in [-0.15, -0.1) is 0 Å². The lowest BCUT2D eigenvalue weighted by atomic mass is 9.85. The summed E-state index contributed by atoms with van der Waals surface area (Å²) in [5, 5.41) is 0. The van der Waals surface area contributed by atoms with Gasteiger partial charge in [0.15, 0.2) is 5.78 Å². The van der Waals surface area contributed by atoms with Crippen molar-refractivity contribution in [2.24, 2.45) is 23.7 Å². The summed E-state index contributed by atoms with van der Waals surface area (Å²) in [6.07, 6.45) is 5.03. The maximum absolute atomic E-state index is 13.0. The van der Waals surface area contributed by atoms with E-state index in [0.717, 1.165) is 6.42 Å². The van der Waals surface area contributed by atoms with Crippen molar-refractivity contribution in [3.8, 4) is 5.75 Å². The summed E-state index contributed by atoms with van der Waals surface area (Å²) in [4.78, 5) is 38.9. The van der Waals surface area contributed by atoms with Crippen LogP contribution < -0.4 is 9.64 Å². The lowest BCUT2D eigenvalue weighted by molar-refractivity contribution is -0.123. The Morgan fingerprint density at radius 2 is 1.79 bits per heavy atom. The summed E-state index contributed by atoms with van der Waals surface area (Å²) in [6, 6.07) is 4.92. The van der Waals surface area contributed by atoms with Gasteiger partial charge >= 0.3 is 0 Å². The van der Waals surface area contributed by atoms with Crippen LogP contribution in [-0.4, -0.2) is 24.2 Å². The van der Waals surface area contributed by atoms with E-state index in [4.69, 9.17) is 4.74 Å². The molecule has 4 atom stereocenters. The number of ketones is 1. The number of carbonyl (C=O) groups excluding carboxylic acids is 3. The van der Waals surface area contributed by atoms with Crippen molar-refractivity contribution < 1.29 is 19.1 Å². The van der Waals surface area contributed by atoms with Crippen molar-refractivity contribution in [1.29, 1.82) is 0 Å². The Kier molecular flexibility index (Phi) is 3.34. The number of imide groups is 1. The summed E-state index contributed by atoms with van der Waals surface area (Å²) in [6.45, 7) is 3.73. The highest BCUT2D eigenvalue weighted by molar-refractivity contribution is 6.23. The van der Waals surface area contributed by atoms with Gasteiger partial charge in [-0.1, -0.05) is 12.2 Å². The summed E-state index contributed by atoms with van der Waals surface area (Å²) < 4.78 is 5.60. The molecule has 0 radical (unpaired) electrons. The van der Waals surface area contributed by atoms with Gasteiger partial charge in [0.25, 0.3) is 0 Å². The number of rotatable bonds is 4. The molecule has 4 rings (SSSR count). The normalized spacial score (nSPS) is 30.2. The number of hydrogen-bond acceptors (Lipinski definition) is 4. The highest BCUT2D eigenvalue weighted by Crippen LogP contribution is 2.53. The van der Waals surface area contributed by atoms with Crippen molar-refractivity contribution in [3.05, 3.63) is 35.9 Å². The molecule has 124 valence electrons. The second-order valence-electron chi connectivity index (χ2n) is 6.68. The molecule has 2 amide bonds. The van der Waals surface area contributed by atoms with E-state index in [1.807, 2.05) is 6.92 Å². The molecule has 1 saturated heterocycles. The smallest absolute Gasteiger partial charge is 0.238 e. The summed E-state index contributed by atoms with van der Waals surface area (Å²) in [7, 11) is 0. The minimum absolute atomic E-state index is 0.111. The monoisotopic (exact) mass is 325 g/mol. The van der Waals surface area contributed by atoms with E-state index in [1.54, 1.807) is 18.2 Å². The average molecular weight is 325 g/mol. The second-order valence-corrected chi connectivity index (χ2v) is 6.68. The quantitative estimate of drug-likeness (QED) is 0.485. The number of hydrogen-bond donors (Lipinski definition) is 0. The van der Waals surface area contributed by atoms with Crippen molar-refractivity contribution in [3.63, 3.8) is 0 Å². The van der Waals surface area contributed by atoms with Crippen molar-refractivity contribution in [2.75, 3.05) is 11.5 Å². The van der Waals surface area contributed by atoms with Crippen molar-refractivity contribution in [1.82, 2.24) is 0 Å². The van der Waals surface area contributed by atoms with E-state index in [1.165, 1.54) is 11.8 Å². The standard InChI is InChI=1S/C19H19NO4/c1-3-24-15-7-6-11(10(2)21)9-14(15)20-18(22)16-12-4-5-13(8-12)17(16)19(20)23/h4-7,9,12-13,16-17H,3,8H2,1-2H3/t12-,13+,16-,17+. The number of fused-ring (bicyclic) bond motifs is 5. The number of ether oxygens (including phenoxy) is 1. The molecule has 5 heteroatoms. The Hall–Kier alpha value is -2.43. The van der Waals surface area contributed by atoms with Crippen LogP contribution in [-0.2, 0) is 9.59 Å². The van der Waals surface area contributed by atoms with Crippen LogP contribution in [0.1, 0.15) is 30.6 Å². The fourth-order valence-electron chi connectivity index (χ4n) is 4.33. The van der Waals surface area contributed by atoms with Crippen LogP contribution in [0, 0.1) is 23.7 Å². The molecule has 0 aromatic heterocycles. The summed E-state index contributed by atoms with van der Waals surface area (Å²) in [5.74, 6) is -0.177. The molecule has 2 bridgehead atoms. The van der Waals surface area contributed by atoms with Crippen LogP contribution >= 0.6 is 0 Å². The molecule has 0 unspecified atom stereocenters. The number of Topliss-reactive ketones (excluding diaryl/α,β-unsaturated/α-hetero) is 1. The molecule has 1 aliphatic heterocycles. The minimum atomic E-state index is -0.261. The molecule has 5 nitrogen and oxygen atoms in total. The SMILES string of the molecule is CCOc1ccc(C(C)=O)cc1N1C(=O)[C@@H]2[C@H](C1=O)[C@@H]1C=C[C@H]2C1. The molecule has 1 aromatic rings. The molecule has 1 heterocycles. The number of benzene rings is 1. The van der Waals surface area contributed by atoms with Gasteiger partial charge in [-0.2, -0.15) is 0 Å². The van der Waals surface area contributed by atoms with Crippen LogP contribution in [0.25, 0.3) is 0 Å². The molecule has 3 aliphatic rings. The molecular weight excluding hydrogens is 306 g/mol. The first-order chi connectivity index (χ1) is 11.5. The van der Waals surface area contributed by atoms with Gasteiger partial charge in [-0.3, -0.25) is 14.4 Å². The Balaban J connectivity index is 1.78. The minimum Gasteiger partial charge on any atom is -0.492 e. The second kappa shape index (κ2) is 5.30. The summed E-state index contributed by atoms with van der Waals surface area (Å²) >= 11 is 0. The number of nitrogens with zero attached hydrogens (tertiary/aromatic N) is 1. The molecule has 2 fully saturated rings. The number of allylic oxidation sites excluding steroid dienone is 2. The zero-order valence-corrected chi connectivity index (χ0v) is 13.7. The molecule has 24 heavy (non-hydrogen) atoms. The zero-order valence-electron chi connectivity index (χ0n) is 13.7. The molecule has 1 aromatic carbocycles. The Bertz CT molecular complexity index is 752. The van der Waals surface area contributed by atoms with E-state index < -0.39 is 0 Å². The maximum Gasteiger partial charge on any atom is 0.238 e. The Labute approximate surface area is 140 Å². The van der Waals surface area contributed by atoms with Crippen LogP contribution in [0.5, 0.6) is 5.75 Å². The van der Waals surface area contributed by atoms with Gasteiger partial charge in [0.1, 0.15) is 5.75 Å². The highest BCUT2D eigenvalue weighted by atomic mass is 16.5. The zero-order chi connectivity index (χ0) is 17.0. The fraction of sp³-hybridized carbons (Fsp3) is 0.421. The third-order valence-electron chi connectivity index (χ3n) is 5.38. The van der Waals surface area contributed by atoms with Crippen LogP contribution in [0.2, 0.25) is 0 Å².